The van der Waals surface area contributed by atoms with Crippen molar-refractivity contribution in [2.24, 2.45) is 0 Å². The van der Waals surface area contributed by atoms with E-state index in [0.29, 0.717) is 30.7 Å². The van der Waals surface area contributed by atoms with E-state index in [-0.39, 0.29) is 5.15 Å². The van der Waals surface area contributed by atoms with Crippen LogP contribution in [0.3, 0.4) is 0 Å². The largest absolute Gasteiger partial charge is 0.483 e. The van der Waals surface area contributed by atoms with Crippen LogP contribution < -0.4 is 9.47 Å². The number of benzene rings is 2. The molecule has 2 aromatic carbocycles. The average Bonchev–Trinajstić information content (AvgIpc) is 2.79. The lowest BCUT2D eigenvalue weighted by Crippen LogP contribution is -2.05. The van der Waals surface area contributed by atoms with Crippen LogP contribution in [0.4, 0.5) is 0 Å². The Morgan fingerprint density at radius 2 is 1.43 bits per heavy atom. The Bertz CT molecular complexity index is 888. The molecule has 0 saturated heterocycles. The Morgan fingerprint density at radius 1 is 0.767 bits per heavy atom. The molecule has 3 aromatic rings. The molecule has 0 aliphatic rings. The van der Waals surface area contributed by atoms with E-state index in [0.717, 1.165) is 24.0 Å². The zero-order chi connectivity index (χ0) is 21.0. The molecule has 0 amide bonds. The first-order chi connectivity index (χ1) is 14.8. The minimum absolute atomic E-state index is 0.262. The van der Waals surface area contributed by atoms with Gasteiger partial charge in [0.25, 0.3) is 0 Å². The standard InChI is InChI=1S/C25H29ClN2O2/c1-2-3-4-5-6-13-18-29-25-27-22(21-16-11-8-12-17-21)23(24(26)28-25)30-19-20-14-9-7-10-15-20/h7-12,14-17H,2-6,13,18-19H2,1H3. The van der Waals surface area contributed by atoms with Crippen molar-refractivity contribution < 1.29 is 9.47 Å². The molecular weight excluding hydrogens is 396 g/mol. The number of ether oxygens (including phenoxy) is 2. The van der Waals surface area contributed by atoms with E-state index in [1.54, 1.807) is 0 Å². The van der Waals surface area contributed by atoms with Crippen LogP contribution >= 0.6 is 11.6 Å². The Balaban J connectivity index is 1.71. The molecule has 1 aromatic heterocycles. The molecule has 0 unspecified atom stereocenters. The Morgan fingerprint density at radius 3 is 2.17 bits per heavy atom. The van der Waals surface area contributed by atoms with Crippen molar-refractivity contribution in [1.82, 2.24) is 9.97 Å². The Hall–Kier alpha value is -2.59. The number of rotatable bonds is 12. The topological polar surface area (TPSA) is 44.2 Å². The third kappa shape index (κ3) is 6.74. The van der Waals surface area contributed by atoms with Gasteiger partial charge in [-0.2, -0.15) is 9.97 Å². The van der Waals surface area contributed by atoms with Crippen molar-refractivity contribution in [3.63, 3.8) is 0 Å². The predicted octanol–water partition coefficient (Wildman–Crippen LogP) is 7.12. The molecule has 0 bridgehead atoms. The normalized spacial score (nSPS) is 10.7. The zero-order valence-electron chi connectivity index (χ0n) is 17.5. The molecule has 0 radical (unpaired) electrons. The summed E-state index contributed by atoms with van der Waals surface area (Å²) in [5, 5.41) is 0.262. The highest BCUT2D eigenvalue weighted by atomic mass is 35.5. The molecule has 4 nitrogen and oxygen atoms in total. The SMILES string of the molecule is CCCCCCCCOc1nc(Cl)c(OCc2ccccc2)c(-c2ccccc2)n1. The lowest BCUT2D eigenvalue weighted by Gasteiger charge is -2.14. The third-order valence-electron chi connectivity index (χ3n) is 4.81. The van der Waals surface area contributed by atoms with E-state index in [4.69, 9.17) is 21.1 Å². The maximum Gasteiger partial charge on any atom is 0.318 e. The third-order valence-corrected chi connectivity index (χ3v) is 5.06. The maximum atomic E-state index is 6.49. The summed E-state index contributed by atoms with van der Waals surface area (Å²) in [6.07, 6.45) is 7.20. The van der Waals surface area contributed by atoms with E-state index in [2.05, 4.69) is 16.9 Å². The molecule has 1 heterocycles. The molecule has 3 rings (SSSR count). The van der Waals surface area contributed by atoms with Gasteiger partial charge in [0.1, 0.15) is 12.3 Å². The summed E-state index contributed by atoms with van der Waals surface area (Å²) in [5.74, 6) is 0.471. The number of hydrogen-bond donors (Lipinski definition) is 0. The van der Waals surface area contributed by atoms with Gasteiger partial charge >= 0.3 is 6.01 Å². The molecule has 0 saturated carbocycles. The van der Waals surface area contributed by atoms with Crippen LogP contribution in [0, 0.1) is 0 Å². The second-order valence-electron chi connectivity index (χ2n) is 7.23. The van der Waals surface area contributed by atoms with E-state index in [1.165, 1.54) is 25.7 Å². The van der Waals surface area contributed by atoms with Gasteiger partial charge < -0.3 is 9.47 Å². The first-order valence-corrected chi connectivity index (χ1v) is 11.1. The maximum absolute atomic E-state index is 6.49. The molecule has 0 N–H and O–H groups in total. The molecule has 0 aliphatic heterocycles. The summed E-state index contributed by atoms with van der Waals surface area (Å²) in [6.45, 7) is 3.20. The smallest absolute Gasteiger partial charge is 0.318 e. The fourth-order valence-electron chi connectivity index (χ4n) is 3.16. The molecule has 0 atom stereocenters. The van der Waals surface area contributed by atoms with Crippen LogP contribution in [0.15, 0.2) is 60.7 Å². The van der Waals surface area contributed by atoms with Crippen LogP contribution in [0.1, 0.15) is 51.0 Å². The summed E-state index contributed by atoms with van der Waals surface area (Å²) in [6, 6.07) is 20.1. The van der Waals surface area contributed by atoms with Crippen LogP contribution in [-0.4, -0.2) is 16.6 Å². The van der Waals surface area contributed by atoms with E-state index in [9.17, 15) is 0 Å². The molecule has 0 spiro atoms. The van der Waals surface area contributed by atoms with Gasteiger partial charge in [-0.1, -0.05) is 111 Å². The highest BCUT2D eigenvalue weighted by molar-refractivity contribution is 6.31. The fraction of sp³-hybridized carbons (Fsp3) is 0.360. The van der Waals surface area contributed by atoms with Crippen molar-refractivity contribution in [3.8, 4) is 23.0 Å². The van der Waals surface area contributed by atoms with Crippen LogP contribution in [-0.2, 0) is 6.61 Å². The minimum Gasteiger partial charge on any atom is -0.483 e. The number of nitrogens with zero attached hydrogens (tertiary/aromatic N) is 2. The van der Waals surface area contributed by atoms with Gasteiger partial charge in [-0.25, -0.2) is 0 Å². The molecule has 30 heavy (non-hydrogen) atoms. The molecule has 158 valence electrons. The fourth-order valence-corrected chi connectivity index (χ4v) is 3.38. The highest BCUT2D eigenvalue weighted by Gasteiger charge is 2.17. The van der Waals surface area contributed by atoms with Gasteiger partial charge in [0.2, 0.25) is 0 Å². The lowest BCUT2D eigenvalue weighted by atomic mass is 10.1. The number of hydrogen-bond acceptors (Lipinski definition) is 4. The first-order valence-electron chi connectivity index (χ1n) is 10.7. The van der Waals surface area contributed by atoms with Crippen LogP contribution in [0.25, 0.3) is 11.3 Å². The van der Waals surface area contributed by atoms with Crippen LogP contribution in [0.2, 0.25) is 5.15 Å². The molecule has 0 aliphatic carbocycles. The summed E-state index contributed by atoms with van der Waals surface area (Å²) in [4.78, 5) is 8.95. The van der Waals surface area contributed by atoms with Gasteiger partial charge in [0.05, 0.1) is 6.61 Å². The van der Waals surface area contributed by atoms with Gasteiger partial charge in [0, 0.05) is 5.56 Å². The van der Waals surface area contributed by atoms with Gasteiger partial charge in [-0.05, 0) is 12.0 Å². The molecule has 5 heteroatoms. The van der Waals surface area contributed by atoms with E-state index in [1.807, 2.05) is 60.7 Å². The monoisotopic (exact) mass is 424 g/mol. The highest BCUT2D eigenvalue weighted by Crippen LogP contribution is 2.35. The minimum atomic E-state index is 0.262. The van der Waals surface area contributed by atoms with Crippen molar-refractivity contribution in [2.75, 3.05) is 6.61 Å². The molecule has 0 fully saturated rings. The zero-order valence-corrected chi connectivity index (χ0v) is 18.3. The number of halogens is 1. The van der Waals surface area contributed by atoms with E-state index < -0.39 is 0 Å². The summed E-state index contributed by atoms with van der Waals surface area (Å²) < 4.78 is 11.8. The average molecular weight is 425 g/mol. The van der Waals surface area contributed by atoms with Crippen molar-refractivity contribution in [1.29, 1.82) is 0 Å². The second-order valence-corrected chi connectivity index (χ2v) is 7.59. The van der Waals surface area contributed by atoms with Crippen molar-refractivity contribution >= 4 is 11.6 Å². The van der Waals surface area contributed by atoms with Gasteiger partial charge in [0.15, 0.2) is 10.9 Å². The first kappa shape index (κ1) is 22.1. The van der Waals surface area contributed by atoms with Crippen molar-refractivity contribution in [2.45, 2.75) is 52.1 Å². The molecular formula is C25H29ClN2O2. The predicted molar refractivity (Wildman–Crippen MR) is 122 cm³/mol. The lowest BCUT2D eigenvalue weighted by molar-refractivity contribution is 0.275. The quantitative estimate of drug-likeness (QED) is 0.229. The number of aromatic nitrogens is 2. The second kappa shape index (κ2) is 12.2. The Kier molecular flexibility index (Phi) is 8.98. The summed E-state index contributed by atoms with van der Waals surface area (Å²) in [5.41, 5.74) is 2.61. The summed E-state index contributed by atoms with van der Waals surface area (Å²) >= 11 is 6.49. The van der Waals surface area contributed by atoms with Gasteiger partial charge in [-0.3, -0.25) is 0 Å². The van der Waals surface area contributed by atoms with Gasteiger partial charge in [-0.15, -0.1) is 0 Å². The number of unbranched alkanes of at least 4 members (excludes halogenated alkanes) is 5. The summed E-state index contributed by atoms with van der Waals surface area (Å²) in [7, 11) is 0. The Labute approximate surface area is 184 Å². The van der Waals surface area contributed by atoms with Crippen LogP contribution in [0.5, 0.6) is 11.8 Å². The van der Waals surface area contributed by atoms with E-state index >= 15 is 0 Å². The van der Waals surface area contributed by atoms with Crippen molar-refractivity contribution in [3.05, 3.63) is 71.4 Å².